The SMILES string of the molecule is Cc1cc(N)ccc1CCC(=O)O.[Yb]. The maximum Gasteiger partial charge on any atom is 0.303 e. The first-order chi connectivity index (χ1) is 6.09. The third-order valence-corrected chi connectivity index (χ3v) is 1.97. The number of carboxylic acids is 1. The maximum absolute atomic E-state index is 10.3. The summed E-state index contributed by atoms with van der Waals surface area (Å²) < 4.78 is 0. The van der Waals surface area contributed by atoms with Crippen molar-refractivity contribution in [2.45, 2.75) is 19.8 Å². The van der Waals surface area contributed by atoms with Gasteiger partial charge in [0.15, 0.2) is 0 Å². The van der Waals surface area contributed by atoms with Crippen molar-refractivity contribution in [2.75, 3.05) is 5.73 Å². The second-order valence-corrected chi connectivity index (χ2v) is 3.08. The number of carbonyl (C=O) groups is 1. The second kappa shape index (κ2) is 6.49. The Labute approximate surface area is 122 Å². The van der Waals surface area contributed by atoms with E-state index in [1.165, 1.54) is 0 Å². The van der Waals surface area contributed by atoms with Crippen molar-refractivity contribution in [1.82, 2.24) is 0 Å². The zero-order chi connectivity index (χ0) is 9.84. The molecular formula is C10H13NO2Yb. The Balaban J connectivity index is 0.00000169. The van der Waals surface area contributed by atoms with Crippen molar-refractivity contribution in [3.05, 3.63) is 29.3 Å². The summed E-state index contributed by atoms with van der Waals surface area (Å²) in [6.45, 7) is 1.94. The minimum atomic E-state index is -0.767. The summed E-state index contributed by atoms with van der Waals surface area (Å²) >= 11 is 0. The number of nitrogens with two attached hydrogens (primary N) is 1. The van der Waals surface area contributed by atoms with E-state index in [-0.39, 0.29) is 53.3 Å². The smallest absolute Gasteiger partial charge is 0.303 e. The van der Waals surface area contributed by atoms with Crippen LogP contribution >= 0.6 is 0 Å². The number of rotatable bonds is 3. The van der Waals surface area contributed by atoms with Crippen LogP contribution in [0.5, 0.6) is 0 Å². The fourth-order valence-electron chi connectivity index (χ4n) is 1.24. The largest absolute Gasteiger partial charge is 0.481 e. The molecule has 0 aliphatic heterocycles. The van der Waals surface area contributed by atoms with E-state index >= 15 is 0 Å². The second-order valence-electron chi connectivity index (χ2n) is 3.08. The number of benzene rings is 1. The maximum atomic E-state index is 10.3. The van der Waals surface area contributed by atoms with Crippen LogP contribution < -0.4 is 5.73 Å². The Hall–Kier alpha value is 0.00948. The number of nitrogen functional groups attached to an aromatic ring is 1. The van der Waals surface area contributed by atoms with Gasteiger partial charge >= 0.3 is 5.97 Å². The number of aryl methyl sites for hydroxylation is 2. The predicted octanol–water partition coefficient (Wildman–Crippen LogP) is 1.59. The first kappa shape index (κ1) is 14.0. The van der Waals surface area contributed by atoms with Crippen LogP contribution in [-0.2, 0) is 11.2 Å². The number of carboxylic acid groups (broad SMARTS) is 1. The summed E-state index contributed by atoms with van der Waals surface area (Å²) in [6, 6.07) is 5.54. The molecule has 0 saturated carbocycles. The number of anilines is 1. The van der Waals surface area contributed by atoms with E-state index < -0.39 is 5.97 Å². The third kappa shape index (κ3) is 4.49. The molecule has 3 N–H and O–H groups in total. The van der Waals surface area contributed by atoms with Gasteiger partial charge in [-0.2, -0.15) is 0 Å². The van der Waals surface area contributed by atoms with Gasteiger partial charge in [0, 0.05) is 59.0 Å². The van der Waals surface area contributed by atoms with Crippen molar-refractivity contribution in [3.8, 4) is 0 Å². The number of hydrogen-bond donors (Lipinski definition) is 2. The van der Waals surface area contributed by atoms with Crippen LogP contribution in [0.4, 0.5) is 5.69 Å². The quantitative estimate of drug-likeness (QED) is 0.813. The van der Waals surface area contributed by atoms with Crippen LogP contribution in [0, 0.1) is 53.8 Å². The molecule has 1 rings (SSSR count). The van der Waals surface area contributed by atoms with Crippen LogP contribution in [0.3, 0.4) is 0 Å². The molecule has 0 aliphatic carbocycles. The predicted molar refractivity (Wildman–Crippen MR) is 51.5 cm³/mol. The summed E-state index contributed by atoms with van der Waals surface area (Å²) in [4.78, 5) is 10.3. The molecule has 0 saturated heterocycles. The van der Waals surface area contributed by atoms with Gasteiger partial charge in [-0.05, 0) is 36.6 Å². The van der Waals surface area contributed by atoms with Crippen LogP contribution in [0.1, 0.15) is 17.5 Å². The molecule has 0 atom stereocenters. The average Bonchev–Trinajstić information content (AvgIpc) is 2.02. The normalized spacial score (nSPS) is 9.21. The zero-order valence-electron chi connectivity index (χ0n) is 7.85. The van der Waals surface area contributed by atoms with Crippen LogP contribution in [0.2, 0.25) is 0 Å². The van der Waals surface area contributed by atoms with Crippen molar-refractivity contribution < 1.29 is 56.8 Å². The molecule has 0 heterocycles. The zero-order valence-corrected chi connectivity index (χ0v) is 9.56. The Morgan fingerprint density at radius 1 is 1.50 bits per heavy atom. The van der Waals surface area contributed by atoms with Crippen molar-refractivity contribution in [1.29, 1.82) is 0 Å². The fraction of sp³-hybridized carbons (Fsp3) is 0.300. The van der Waals surface area contributed by atoms with E-state index in [0.717, 1.165) is 16.8 Å². The summed E-state index contributed by atoms with van der Waals surface area (Å²) in [5, 5.41) is 8.50. The molecule has 0 spiro atoms. The topological polar surface area (TPSA) is 63.3 Å². The van der Waals surface area contributed by atoms with E-state index in [4.69, 9.17) is 10.8 Å². The molecular weight excluding hydrogens is 339 g/mol. The molecule has 14 heavy (non-hydrogen) atoms. The van der Waals surface area contributed by atoms with Gasteiger partial charge in [-0.15, -0.1) is 0 Å². The fourth-order valence-corrected chi connectivity index (χ4v) is 1.24. The molecule has 0 unspecified atom stereocenters. The number of aliphatic carboxylic acids is 1. The van der Waals surface area contributed by atoms with E-state index in [9.17, 15) is 4.79 Å². The van der Waals surface area contributed by atoms with E-state index in [0.29, 0.717) is 6.42 Å². The molecule has 0 fully saturated rings. The summed E-state index contributed by atoms with van der Waals surface area (Å²) in [5.74, 6) is -0.767. The molecule has 0 aromatic heterocycles. The van der Waals surface area contributed by atoms with Crippen molar-refractivity contribution >= 4 is 11.7 Å². The summed E-state index contributed by atoms with van der Waals surface area (Å²) in [7, 11) is 0. The molecule has 1 aromatic carbocycles. The number of hydrogen-bond acceptors (Lipinski definition) is 2. The monoisotopic (exact) mass is 353 g/mol. The standard InChI is InChI=1S/C10H13NO2.Yb/c1-7-6-9(11)4-2-8(7)3-5-10(12)13;/h2,4,6H,3,5,11H2,1H3,(H,12,13);. The van der Waals surface area contributed by atoms with Crippen LogP contribution in [0.25, 0.3) is 0 Å². The van der Waals surface area contributed by atoms with Gasteiger partial charge in [-0.3, -0.25) is 4.79 Å². The van der Waals surface area contributed by atoms with Crippen molar-refractivity contribution in [3.63, 3.8) is 0 Å². The molecule has 84 valence electrons. The molecule has 0 amide bonds. The first-order valence-corrected chi connectivity index (χ1v) is 4.16. The van der Waals surface area contributed by atoms with Crippen LogP contribution in [0.15, 0.2) is 18.2 Å². The summed E-state index contributed by atoms with van der Waals surface area (Å²) in [6.07, 6.45) is 0.742. The van der Waals surface area contributed by atoms with E-state index in [1.54, 1.807) is 6.07 Å². The van der Waals surface area contributed by atoms with Gasteiger partial charge in [-0.25, -0.2) is 0 Å². The molecule has 4 heteroatoms. The minimum Gasteiger partial charge on any atom is -0.481 e. The van der Waals surface area contributed by atoms with Gasteiger partial charge < -0.3 is 10.8 Å². The molecule has 3 nitrogen and oxygen atoms in total. The van der Waals surface area contributed by atoms with Gasteiger partial charge in [0.2, 0.25) is 0 Å². The molecule has 0 aliphatic rings. The van der Waals surface area contributed by atoms with Gasteiger partial charge in [0.05, 0.1) is 0 Å². The van der Waals surface area contributed by atoms with Gasteiger partial charge in [-0.1, -0.05) is 6.07 Å². The van der Waals surface area contributed by atoms with Crippen molar-refractivity contribution in [2.24, 2.45) is 0 Å². The third-order valence-electron chi connectivity index (χ3n) is 1.97. The van der Waals surface area contributed by atoms with Gasteiger partial charge in [0.1, 0.15) is 0 Å². The molecule has 1 aromatic rings. The Kier molecular flexibility index (Phi) is 6.49. The molecule has 0 bridgehead atoms. The van der Waals surface area contributed by atoms with E-state index in [1.807, 2.05) is 19.1 Å². The Morgan fingerprint density at radius 3 is 2.64 bits per heavy atom. The average molecular weight is 352 g/mol. The van der Waals surface area contributed by atoms with Crippen LogP contribution in [-0.4, -0.2) is 11.1 Å². The minimum absolute atomic E-state index is 0. The summed E-state index contributed by atoms with van der Waals surface area (Å²) in [5.41, 5.74) is 8.40. The Morgan fingerprint density at radius 2 is 2.14 bits per heavy atom. The first-order valence-electron chi connectivity index (χ1n) is 4.16. The Bertz CT molecular complexity index is 326. The van der Waals surface area contributed by atoms with Gasteiger partial charge in [0.25, 0.3) is 0 Å². The molecule has 0 radical (unpaired) electrons. The van der Waals surface area contributed by atoms with E-state index in [2.05, 4.69) is 0 Å².